The molecule has 1 aromatic carbocycles. The fourth-order valence-electron chi connectivity index (χ4n) is 1.02. The van der Waals surface area contributed by atoms with E-state index in [0.29, 0.717) is 0 Å². The van der Waals surface area contributed by atoms with Gasteiger partial charge in [0.05, 0.1) is 0 Å². The second kappa shape index (κ2) is 3.71. The zero-order chi connectivity index (χ0) is 9.26. The van der Waals surface area contributed by atoms with Gasteiger partial charge in [-0.3, -0.25) is 0 Å². The largest absolute Gasteiger partial charge is 0.210 e. The SMILES string of the molecule is Cc1ccc(-c2nc(I)ns2)cc1. The molecule has 66 valence electrons. The van der Waals surface area contributed by atoms with E-state index >= 15 is 0 Å². The van der Waals surface area contributed by atoms with Crippen LogP contribution >= 0.6 is 34.1 Å². The predicted molar refractivity (Wildman–Crippen MR) is 62.8 cm³/mol. The van der Waals surface area contributed by atoms with Crippen molar-refractivity contribution < 1.29 is 0 Å². The molecule has 0 N–H and O–H groups in total. The summed E-state index contributed by atoms with van der Waals surface area (Å²) in [5.41, 5.74) is 2.41. The Morgan fingerprint density at radius 1 is 1.23 bits per heavy atom. The molecule has 2 rings (SSSR count). The number of halogens is 1. The summed E-state index contributed by atoms with van der Waals surface area (Å²) >= 11 is 3.56. The molecule has 4 heteroatoms. The van der Waals surface area contributed by atoms with Crippen LogP contribution < -0.4 is 0 Å². The van der Waals surface area contributed by atoms with Crippen LogP contribution in [-0.4, -0.2) is 9.36 Å². The summed E-state index contributed by atoms with van der Waals surface area (Å²) in [7, 11) is 0. The summed E-state index contributed by atoms with van der Waals surface area (Å²) in [6.45, 7) is 2.08. The van der Waals surface area contributed by atoms with Crippen molar-refractivity contribution in [2.75, 3.05) is 0 Å². The van der Waals surface area contributed by atoms with Crippen LogP contribution in [0.3, 0.4) is 0 Å². The van der Waals surface area contributed by atoms with Crippen molar-refractivity contribution in [2.24, 2.45) is 0 Å². The van der Waals surface area contributed by atoms with E-state index < -0.39 is 0 Å². The zero-order valence-corrected chi connectivity index (χ0v) is 9.96. The summed E-state index contributed by atoms with van der Waals surface area (Å²) in [4.78, 5) is 4.30. The smallest absolute Gasteiger partial charge is 0.203 e. The second-order valence-electron chi connectivity index (χ2n) is 2.73. The summed E-state index contributed by atoms with van der Waals surface area (Å²) in [5.74, 6) is 0. The summed E-state index contributed by atoms with van der Waals surface area (Å²) in [6, 6.07) is 8.32. The highest BCUT2D eigenvalue weighted by molar-refractivity contribution is 14.1. The zero-order valence-electron chi connectivity index (χ0n) is 6.99. The molecule has 2 aromatic rings. The maximum atomic E-state index is 4.30. The number of nitrogens with zero attached hydrogens (tertiary/aromatic N) is 2. The Bertz CT molecular complexity index is 408. The van der Waals surface area contributed by atoms with Crippen molar-refractivity contribution in [2.45, 2.75) is 6.92 Å². The van der Waals surface area contributed by atoms with Crippen LogP contribution in [-0.2, 0) is 0 Å². The van der Waals surface area contributed by atoms with Crippen LogP contribution in [0.4, 0.5) is 0 Å². The molecule has 0 unspecified atom stereocenters. The summed E-state index contributed by atoms with van der Waals surface area (Å²) in [5, 5.41) is 0.990. The topological polar surface area (TPSA) is 25.8 Å². The van der Waals surface area contributed by atoms with Crippen LogP contribution in [0.25, 0.3) is 10.6 Å². The number of benzene rings is 1. The minimum Gasteiger partial charge on any atom is -0.210 e. The molecule has 0 aliphatic carbocycles. The molecule has 1 heterocycles. The van der Waals surface area contributed by atoms with Crippen molar-refractivity contribution in [1.29, 1.82) is 0 Å². The third kappa shape index (κ3) is 2.05. The molecular weight excluding hydrogens is 295 g/mol. The first-order chi connectivity index (χ1) is 6.25. The molecule has 0 bridgehead atoms. The minimum atomic E-state index is 0.818. The van der Waals surface area contributed by atoms with Gasteiger partial charge < -0.3 is 0 Å². The Morgan fingerprint density at radius 2 is 1.92 bits per heavy atom. The predicted octanol–water partition coefficient (Wildman–Crippen LogP) is 3.12. The number of aryl methyl sites for hydroxylation is 1. The van der Waals surface area contributed by atoms with Crippen LogP contribution in [0.1, 0.15) is 5.56 Å². The van der Waals surface area contributed by atoms with E-state index in [0.717, 1.165) is 14.4 Å². The summed E-state index contributed by atoms with van der Waals surface area (Å²) < 4.78 is 4.95. The van der Waals surface area contributed by atoms with Gasteiger partial charge in [0.2, 0.25) is 3.83 Å². The van der Waals surface area contributed by atoms with Gasteiger partial charge in [-0.05, 0) is 18.5 Å². The van der Waals surface area contributed by atoms with Gasteiger partial charge in [-0.1, -0.05) is 29.8 Å². The van der Waals surface area contributed by atoms with Crippen molar-refractivity contribution in [3.63, 3.8) is 0 Å². The van der Waals surface area contributed by atoms with Crippen LogP contribution in [0.5, 0.6) is 0 Å². The lowest BCUT2D eigenvalue weighted by Gasteiger charge is -1.94. The Balaban J connectivity index is 2.41. The minimum absolute atomic E-state index is 0.818. The first kappa shape index (κ1) is 9.08. The van der Waals surface area contributed by atoms with Crippen molar-refractivity contribution in [3.05, 3.63) is 33.7 Å². The average molecular weight is 302 g/mol. The maximum absolute atomic E-state index is 4.30. The first-order valence-corrected chi connectivity index (χ1v) is 5.67. The number of rotatable bonds is 1. The highest BCUT2D eigenvalue weighted by atomic mass is 127. The molecule has 0 aliphatic heterocycles. The lowest BCUT2D eigenvalue weighted by molar-refractivity contribution is 1.25. The van der Waals surface area contributed by atoms with E-state index in [4.69, 9.17) is 0 Å². The number of hydrogen-bond acceptors (Lipinski definition) is 3. The van der Waals surface area contributed by atoms with Gasteiger partial charge in [-0.25, -0.2) is 4.98 Å². The van der Waals surface area contributed by atoms with Crippen LogP contribution in [0, 0.1) is 10.8 Å². The van der Waals surface area contributed by atoms with Gasteiger partial charge in [0, 0.05) is 28.2 Å². The lowest BCUT2D eigenvalue weighted by Crippen LogP contribution is -1.77. The Morgan fingerprint density at radius 3 is 2.46 bits per heavy atom. The van der Waals surface area contributed by atoms with Crippen molar-refractivity contribution >= 4 is 34.1 Å². The van der Waals surface area contributed by atoms with Gasteiger partial charge in [0.15, 0.2) is 0 Å². The maximum Gasteiger partial charge on any atom is 0.203 e. The first-order valence-electron chi connectivity index (χ1n) is 3.82. The van der Waals surface area contributed by atoms with Crippen LogP contribution in [0.15, 0.2) is 24.3 Å². The Kier molecular flexibility index (Phi) is 2.59. The molecule has 0 radical (unpaired) electrons. The Hall–Kier alpha value is -0.490. The molecule has 0 fully saturated rings. The average Bonchev–Trinajstić information content (AvgIpc) is 2.53. The molecule has 13 heavy (non-hydrogen) atoms. The molecule has 0 amide bonds. The van der Waals surface area contributed by atoms with Crippen molar-refractivity contribution in [1.82, 2.24) is 9.36 Å². The number of hydrogen-bond donors (Lipinski definition) is 0. The molecule has 0 saturated carbocycles. The molecule has 0 aliphatic rings. The van der Waals surface area contributed by atoms with Crippen LogP contribution in [0.2, 0.25) is 0 Å². The van der Waals surface area contributed by atoms with Crippen molar-refractivity contribution in [3.8, 4) is 10.6 Å². The van der Waals surface area contributed by atoms with Gasteiger partial charge in [0.25, 0.3) is 0 Å². The molecule has 0 saturated heterocycles. The van der Waals surface area contributed by atoms with E-state index in [1.54, 1.807) is 0 Å². The fraction of sp³-hybridized carbons (Fsp3) is 0.111. The molecule has 1 aromatic heterocycles. The van der Waals surface area contributed by atoms with Gasteiger partial charge >= 0.3 is 0 Å². The lowest BCUT2D eigenvalue weighted by atomic mass is 10.2. The third-order valence-corrected chi connectivity index (χ3v) is 3.27. The monoisotopic (exact) mass is 302 g/mol. The molecule has 2 nitrogen and oxygen atoms in total. The van der Waals surface area contributed by atoms with Gasteiger partial charge in [-0.15, -0.1) is 0 Å². The number of aromatic nitrogens is 2. The molecular formula is C9H7IN2S. The van der Waals surface area contributed by atoms with E-state index in [-0.39, 0.29) is 0 Å². The Labute approximate surface area is 94.3 Å². The molecule has 0 atom stereocenters. The summed E-state index contributed by atoms with van der Waals surface area (Å²) in [6.07, 6.45) is 0. The van der Waals surface area contributed by atoms with E-state index in [9.17, 15) is 0 Å². The van der Waals surface area contributed by atoms with E-state index in [1.165, 1.54) is 17.1 Å². The van der Waals surface area contributed by atoms with E-state index in [1.807, 2.05) is 0 Å². The van der Waals surface area contributed by atoms with Gasteiger partial charge in [0.1, 0.15) is 5.01 Å². The standard InChI is InChI=1S/C9H7IN2S/c1-6-2-4-7(5-3-6)8-11-9(10)12-13-8/h2-5H,1H3. The molecule has 0 spiro atoms. The highest BCUT2D eigenvalue weighted by Gasteiger charge is 2.02. The third-order valence-electron chi connectivity index (χ3n) is 1.70. The quantitative estimate of drug-likeness (QED) is 0.756. The fourth-order valence-corrected chi connectivity index (χ4v) is 2.29. The van der Waals surface area contributed by atoms with E-state index in [2.05, 4.69) is 63.1 Å². The normalized spacial score (nSPS) is 10.3. The second-order valence-corrected chi connectivity index (χ2v) is 4.45. The van der Waals surface area contributed by atoms with Gasteiger partial charge in [-0.2, -0.15) is 4.37 Å². The highest BCUT2D eigenvalue weighted by Crippen LogP contribution is 2.21.